The standard InChI is InChI=1S/C38H50N4O8/c1-25(39-35(45)29-13-11-15-31(19-29)37(47)41-21-27(41)3)23-49-33(43)17-9-7-5-6-8-10-18-34(44)50-24-26(2)40-36(46)30-14-12-16-32(20-30)38(48)42-22-28(42)4/h11-16,19-20,25-28H,5-10,17-18,21-24H2,1-4H3,(H,39,45)(H,40,46). The number of ether oxygens (including phenoxy) is 2. The predicted octanol–water partition coefficient (Wildman–Crippen LogP) is 4.52. The number of benzene rings is 2. The third kappa shape index (κ3) is 12.0. The topological polar surface area (TPSA) is 151 Å². The Labute approximate surface area is 294 Å². The van der Waals surface area contributed by atoms with Crippen LogP contribution in [0.5, 0.6) is 0 Å². The summed E-state index contributed by atoms with van der Waals surface area (Å²) in [5.74, 6) is -1.46. The molecule has 4 rings (SSSR count). The van der Waals surface area contributed by atoms with Crippen LogP contribution in [0.25, 0.3) is 0 Å². The number of nitrogens with one attached hydrogen (secondary N) is 2. The molecule has 4 atom stereocenters. The molecule has 4 unspecified atom stereocenters. The van der Waals surface area contributed by atoms with Crippen molar-refractivity contribution in [3.05, 3.63) is 70.8 Å². The number of unbranched alkanes of at least 4 members (excludes halogenated alkanes) is 5. The number of hydrogen-bond acceptors (Lipinski definition) is 8. The summed E-state index contributed by atoms with van der Waals surface area (Å²) >= 11 is 0. The van der Waals surface area contributed by atoms with Crippen molar-refractivity contribution >= 4 is 35.6 Å². The van der Waals surface area contributed by atoms with Crippen LogP contribution in [0.2, 0.25) is 0 Å². The van der Waals surface area contributed by atoms with E-state index in [0.717, 1.165) is 38.8 Å². The molecule has 2 fully saturated rings. The first-order valence-corrected chi connectivity index (χ1v) is 17.7. The van der Waals surface area contributed by atoms with Crippen molar-refractivity contribution in [3.8, 4) is 0 Å². The van der Waals surface area contributed by atoms with Crippen molar-refractivity contribution in [2.24, 2.45) is 0 Å². The van der Waals surface area contributed by atoms with Crippen LogP contribution in [0, 0.1) is 0 Å². The molecule has 2 heterocycles. The maximum Gasteiger partial charge on any atom is 0.305 e. The normalized spacial score (nSPS) is 17.3. The second kappa shape index (κ2) is 18.3. The highest BCUT2D eigenvalue weighted by Gasteiger charge is 2.35. The summed E-state index contributed by atoms with van der Waals surface area (Å²) in [6.45, 7) is 9.03. The Balaban J connectivity index is 0.983. The third-order valence-corrected chi connectivity index (χ3v) is 8.74. The lowest BCUT2D eigenvalue weighted by Crippen LogP contribution is -2.36. The van der Waals surface area contributed by atoms with Crippen molar-refractivity contribution < 1.29 is 38.2 Å². The van der Waals surface area contributed by atoms with Crippen LogP contribution in [0.1, 0.15) is 120 Å². The zero-order valence-electron chi connectivity index (χ0n) is 29.6. The van der Waals surface area contributed by atoms with E-state index in [1.54, 1.807) is 72.2 Å². The molecule has 0 bridgehead atoms. The van der Waals surface area contributed by atoms with Gasteiger partial charge in [-0.2, -0.15) is 0 Å². The Bertz CT molecular complexity index is 1430. The number of amides is 4. The van der Waals surface area contributed by atoms with Gasteiger partial charge in [0, 0.05) is 60.3 Å². The number of rotatable bonds is 19. The SMILES string of the molecule is CC(COC(=O)CCCCCCCCC(=O)OCC(C)NC(=O)c1cccc(C(=O)N2CC2C)c1)NC(=O)c1cccc(C(=O)N2CC2C)c1. The Kier molecular flexibility index (Phi) is 13.9. The van der Waals surface area contributed by atoms with E-state index in [1.165, 1.54) is 0 Å². The summed E-state index contributed by atoms with van der Waals surface area (Å²) in [7, 11) is 0. The zero-order valence-corrected chi connectivity index (χ0v) is 29.6. The molecule has 2 aromatic carbocycles. The third-order valence-electron chi connectivity index (χ3n) is 8.74. The van der Waals surface area contributed by atoms with Gasteiger partial charge in [-0.25, -0.2) is 0 Å². The summed E-state index contributed by atoms with van der Waals surface area (Å²) in [5.41, 5.74) is 1.71. The number of carbonyl (C=O) groups is 6. The molecule has 0 saturated carbocycles. The van der Waals surface area contributed by atoms with Crippen molar-refractivity contribution in [1.29, 1.82) is 0 Å². The van der Waals surface area contributed by atoms with Crippen molar-refractivity contribution in [3.63, 3.8) is 0 Å². The van der Waals surface area contributed by atoms with E-state index in [4.69, 9.17) is 9.47 Å². The van der Waals surface area contributed by atoms with Crippen molar-refractivity contribution in [1.82, 2.24) is 20.4 Å². The first kappa shape index (κ1) is 38.1. The molecule has 4 amide bonds. The molecule has 12 heteroatoms. The summed E-state index contributed by atoms with van der Waals surface area (Å²) in [6, 6.07) is 12.9. The fraction of sp³-hybridized carbons (Fsp3) is 0.526. The van der Waals surface area contributed by atoms with Gasteiger partial charge in [-0.1, -0.05) is 37.8 Å². The first-order valence-electron chi connectivity index (χ1n) is 17.7. The molecular formula is C38H50N4O8. The van der Waals surface area contributed by atoms with E-state index < -0.39 is 0 Å². The van der Waals surface area contributed by atoms with Crippen LogP contribution in [-0.2, 0) is 19.1 Å². The molecule has 2 aliphatic heterocycles. The molecule has 0 aromatic heterocycles. The van der Waals surface area contributed by atoms with Gasteiger partial charge in [-0.15, -0.1) is 0 Å². The van der Waals surface area contributed by atoms with E-state index in [2.05, 4.69) is 10.6 Å². The highest BCUT2D eigenvalue weighted by molar-refractivity contribution is 6.01. The first-order chi connectivity index (χ1) is 23.9. The Morgan fingerprint density at radius 1 is 0.620 bits per heavy atom. The second-order valence-electron chi connectivity index (χ2n) is 13.5. The van der Waals surface area contributed by atoms with Gasteiger partial charge in [0.25, 0.3) is 23.6 Å². The molecule has 2 aliphatic rings. The van der Waals surface area contributed by atoms with Crippen LogP contribution in [0.3, 0.4) is 0 Å². The van der Waals surface area contributed by atoms with Crippen molar-refractivity contribution in [2.75, 3.05) is 26.3 Å². The monoisotopic (exact) mass is 690 g/mol. The molecule has 0 radical (unpaired) electrons. The Morgan fingerprint density at radius 3 is 1.32 bits per heavy atom. The van der Waals surface area contributed by atoms with Gasteiger partial charge < -0.3 is 29.9 Å². The smallest absolute Gasteiger partial charge is 0.305 e. The van der Waals surface area contributed by atoms with Gasteiger partial charge in [0.15, 0.2) is 0 Å². The predicted molar refractivity (Wildman–Crippen MR) is 187 cm³/mol. The van der Waals surface area contributed by atoms with Crippen molar-refractivity contribution in [2.45, 2.75) is 103 Å². The van der Waals surface area contributed by atoms with Gasteiger partial charge in [0.1, 0.15) is 13.2 Å². The lowest BCUT2D eigenvalue weighted by molar-refractivity contribution is -0.145. The lowest BCUT2D eigenvalue weighted by atomic mass is 10.1. The quantitative estimate of drug-likeness (QED) is 0.124. The van der Waals surface area contributed by atoms with Crippen LogP contribution in [0.4, 0.5) is 0 Å². The molecule has 2 N–H and O–H groups in total. The fourth-order valence-corrected chi connectivity index (χ4v) is 5.48. The zero-order chi connectivity index (χ0) is 36.2. The molecule has 12 nitrogen and oxygen atoms in total. The van der Waals surface area contributed by atoms with Crippen LogP contribution >= 0.6 is 0 Å². The minimum Gasteiger partial charge on any atom is -0.464 e. The van der Waals surface area contributed by atoms with Crippen LogP contribution in [-0.4, -0.2) is 95.8 Å². The minimum atomic E-state index is -0.387. The molecule has 0 aliphatic carbocycles. The summed E-state index contributed by atoms with van der Waals surface area (Å²) < 4.78 is 10.7. The molecule has 2 saturated heterocycles. The van der Waals surface area contributed by atoms with E-state index in [-0.39, 0.29) is 72.9 Å². The second-order valence-corrected chi connectivity index (χ2v) is 13.5. The van der Waals surface area contributed by atoms with E-state index in [0.29, 0.717) is 47.9 Å². The fourth-order valence-electron chi connectivity index (χ4n) is 5.48. The van der Waals surface area contributed by atoms with Gasteiger partial charge in [0.2, 0.25) is 0 Å². The average molecular weight is 691 g/mol. The number of esters is 2. The van der Waals surface area contributed by atoms with Gasteiger partial charge >= 0.3 is 11.9 Å². The Morgan fingerprint density at radius 2 is 0.960 bits per heavy atom. The highest BCUT2D eigenvalue weighted by Crippen LogP contribution is 2.22. The average Bonchev–Trinajstić information content (AvgIpc) is 4.03. The summed E-state index contributed by atoms with van der Waals surface area (Å²) in [4.78, 5) is 78.0. The van der Waals surface area contributed by atoms with Gasteiger partial charge in [0.05, 0.1) is 12.1 Å². The summed E-state index contributed by atoms with van der Waals surface area (Å²) in [5, 5.41) is 5.62. The van der Waals surface area contributed by atoms with Crippen LogP contribution in [0.15, 0.2) is 48.5 Å². The van der Waals surface area contributed by atoms with E-state index in [9.17, 15) is 28.8 Å². The molecular weight excluding hydrogens is 640 g/mol. The number of hydrogen-bond donors (Lipinski definition) is 2. The van der Waals surface area contributed by atoms with E-state index >= 15 is 0 Å². The maximum atomic E-state index is 12.6. The van der Waals surface area contributed by atoms with E-state index in [1.807, 2.05) is 13.8 Å². The van der Waals surface area contributed by atoms with Crippen LogP contribution < -0.4 is 10.6 Å². The minimum absolute atomic E-state index is 0.0597. The number of nitrogens with zero attached hydrogens (tertiary/aromatic N) is 2. The lowest BCUT2D eigenvalue weighted by Gasteiger charge is -2.15. The molecule has 0 spiro atoms. The highest BCUT2D eigenvalue weighted by atomic mass is 16.5. The van der Waals surface area contributed by atoms with Gasteiger partial charge in [-0.05, 0) is 76.9 Å². The molecule has 270 valence electrons. The maximum absolute atomic E-state index is 12.6. The van der Waals surface area contributed by atoms with Gasteiger partial charge in [-0.3, -0.25) is 28.8 Å². The molecule has 50 heavy (non-hydrogen) atoms. The summed E-state index contributed by atoms with van der Waals surface area (Å²) in [6.07, 6.45) is 5.57. The largest absolute Gasteiger partial charge is 0.464 e. The Hall–Kier alpha value is -4.74. The number of carbonyl (C=O) groups excluding carboxylic acids is 6. The molecule has 2 aromatic rings.